The maximum absolute atomic E-state index is 12.8. The number of carbonyl (C=O) groups excluding carboxylic acids is 1. The molecule has 0 atom stereocenters. The average molecular weight is 436 g/mol. The maximum atomic E-state index is 12.8. The average Bonchev–Trinajstić information content (AvgIpc) is 3.07. The minimum Gasteiger partial charge on any atom is -0.345 e. The van der Waals surface area contributed by atoms with E-state index in [9.17, 15) is 4.79 Å². The Morgan fingerprint density at radius 3 is 2.58 bits per heavy atom. The monoisotopic (exact) mass is 435 g/mol. The second kappa shape index (κ2) is 9.47. The van der Waals surface area contributed by atoms with E-state index >= 15 is 0 Å². The smallest absolute Gasteiger partial charge is 0.321 e. The van der Waals surface area contributed by atoms with Gasteiger partial charge in [-0.3, -0.25) is 0 Å². The van der Waals surface area contributed by atoms with Gasteiger partial charge in [0.1, 0.15) is 5.82 Å². The van der Waals surface area contributed by atoms with Crippen LogP contribution in [-0.4, -0.2) is 46.5 Å². The first-order valence-corrected chi connectivity index (χ1v) is 11.5. The molecule has 1 saturated heterocycles. The van der Waals surface area contributed by atoms with Crippen LogP contribution in [0.15, 0.2) is 42.5 Å². The topological polar surface area (TPSA) is 61.4 Å². The van der Waals surface area contributed by atoms with Crippen molar-refractivity contribution in [3.05, 3.63) is 70.5 Å². The molecule has 2 aromatic carbocycles. The van der Waals surface area contributed by atoms with Crippen LogP contribution < -0.4 is 10.2 Å². The number of benzene rings is 2. The van der Waals surface area contributed by atoms with E-state index in [-0.39, 0.29) is 6.03 Å². The summed E-state index contributed by atoms with van der Waals surface area (Å²) in [5.74, 6) is 0.859. The van der Waals surface area contributed by atoms with E-state index in [1.165, 1.54) is 33.8 Å². The van der Waals surface area contributed by atoms with Crippen LogP contribution in [0.25, 0.3) is 0 Å². The van der Waals surface area contributed by atoms with E-state index in [2.05, 4.69) is 59.6 Å². The molecule has 0 bridgehead atoms. The van der Waals surface area contributed by atoms with E-state index in [0.717, 1.165) is 49.1 Å². The van der Waals surface area contributed by atoms with E-state index in [1.54, 1.807) is 0 Å². The van der Waals surface area contributed by atoms with E-state index in [4.69, 9.17) is 4.98 Å². The molecular formula is C24H29N5OS. The molecule has 1 aliphatic rings. The number of nitrogens with zero attached hydrogens (tertiary/aromatic N) is 4. The zero-order valence-corrected chi connectivity index (χ0v) is 19.2. The molecule has 1 fully saturated rings. The number of urea groups is 1. The highest BCUT2D eigenvalue weighted by molar-refractivity contribution is 7.09. The molecule has 31 heavy (non-hydrogen) atoms. The summed E-state index contributed by atoms with van der Waals surface area (Å²) in [6.07, 6.45) is 1.66. The summed E-state index contributed by atoms with van der Waals surface area (Å²) in [5.41, 5.74) is 5.73. The Kier molecular flexibility index (Phi) is 6.51. The minimum atomic E-state index is -0.0394. The summed E-state index contributed by atoms with van der Waals surface area (Å²) < 4.78 is 4.56. The van der Waals surface area contributed by atoms with Crippen LogP contribution in [0.3, 0.4) is 0 Å². The summed E-state index contributed by atoms with van der Waals surface area (Å²) in [7, 11) is 0. The molecule has 1 N–H and O–H groups in total. The Morgan fingerprint density at radius 2 is 1.81 bits per heavy atom. The molecule has 1 aromatic heterocycles. The standard InChI is InChI=1S/C24H29N5OS/c1-17-5-8-20(9-6-17)16-22-26-24(31-27-22)29-12-4-11-28(13-14-29)23(30)25-21-10-7-18(2)19(3)15-21/h5-10,15H,4,11-14,16H2,1-3H3,(H,25,30). The van der Waals surface area contributed by atoms with Crippen LogP contribution >= 0.6 is 11.5 Å². The number of amides is 2. The zero-order chi connectivity index (χ0) is 21.8. The van der Waals surface area contributed by atoms with Crippen LogP contribution in [0.5, 0.6) is 0 Å². The second-order valence-corrected chi connectivity index (χ2v) is 8.94. The van der Waals surface area contributed by atoms with Gasteiger partial charge in [0.2, 0.25) is 5.13 Å². The molecule has 0 aliphatic carbocycles. The van der Waals surface area contributed by atoms with Crippen molar-refractivity contribution in [2.75, 3.05) is 36.4 Å². The number of nitrogens with one attached hydrogen (secondary N) is 1. The Balaban J connectivity index is 1.34. The highest BCUT2D eigenvalue weighted by Gasteiger charge is 2.21. The van der Waals surface area contributed by atoms with Crippen LogP contribution in [0.2, 0.25) is 0 Å². The Labute approximate surface area is 188 Å². The number of anilines is 2. The number of hydrogen-bond donors (Lipinski definition) is 1. The van der Waals surface area contributed by atoms with Crippen LogP contribution in [0, 0.1) is 20.8 Å². The van der Waals surface area contributed by atoms with Gasteiger partial charge in [-0.2, -0.15) is 4.37 Å². The Morgan fingerprint density at radius 1 is 1.00 bits per heavy atom. The highest BCUT2D eigenvalue weighted by Crippen LogP contribution is 2.21. The quantitative estimate of drug-likeness (QED) is 0.640. The van der Waals surface area contributed by atoms with Crippen molar-refractivity contribution in [2.45, 2.75) is 33.6 Å². The summed E-state index contributed by atoms with van der Waals surface area (Å²) in [5, 5.41) is 3.98. The van der Waals surface area contributed by atoms with Gasteiger partial charge in [-0.05, 0) is 56.0 Å². The number of aromatic nitrogens is 2. The molecule has 3 aromatic rings. The largest absolute Gasteiger partial charge is 0.345 e. The number of hydrogen-bond acceptors (Lipinski definition) is 5. The lowest BCUT2D eigenvalue weighted by Gasteiger charge is -2.22. The van der Waals surface area contributed by atoms with Gasteiger partial charge in [-0.25, -0.2) is 9.78 Å². The highest BCUT2D eigenvalue weighted by atomic mass is 32.1. The molecule has 7 heteroatoms. The first kappa shape index (κ1) is 21.3. The second-order valence-electron chi connectivity index (χ2n) is 8.21. The fourth-order valence-corrected chi connectivity index (χ4v) is 4.40. The lowest BCUT2D eigenvalue weighted by Crippen LogP contribution is -2.38. The predicted molar refractivity (Wildman–Crippen MR) is 127 cm³/mol. The van der Waals surface area contributed by atoms with Crippen molar-refractivity contribution in [1.29, 1.82) is 0 Å². The summed E-state index contributed by atoms with van der Waals surface area (Å²) in [4.78, 5) is 21.7. The minimum absolute atomic E-state index is 0.0394. The van der Waals surface area contributed by atoms with Crippen molar-refractivity contribution in [3.8, 4) is 0 Å². The SMILES string of the molecule is Cc1ccc(Cc2nsc(N3CCCN(C(=O)Nc4ccc(C)c(C)c4)CC3)n2)cc1. The van der Waals surface area contributed by atoms with Crippen LogP contribution in [0.4, 0.5) is 15.6 Å². The number of rotatable bonds is 4. The van der Waals surface area contributed by atoms with Gasteiger partial charge in [-0.1, -0.05) is 35.9 Å². The van der Waals surface area contributed by atoms with Crippen molar-refractivity contribution >= 4 is 28.4 Å². The first-order chi connectivity index (χ1) is 15.0. The third-order valence-electron chi connectivity index (χ3n) is 5.75. The molecule has 6 nitrogen and oxygen atoms in total. The molecule has 4 rings (SSSR count). The predicted octanol–water partition coefficient (Wildman–Crippen LogP) is 4.80. The van der Waals surface area contributed by atoms with Crippen molar-refractivity contribution in [1.82, 2.24) is 14.3 Å². The Hall–Kier alpha value is -2.93. The number of aryl methyl sites for hydroxylation is 3. The molecule has 0 radical (unpaired) electrons. The van der Waals surface area contributed by atoms with Crippen LogP contribution in [0.1, 0.15) is 34.5 Å². The van der Waals surface area contributed by atoms with Crippen molar-refractivity contribution in [2.24, 2.45) is 0 Å². The third-order valence-corrected chi connectivity index (χ3v) is 6.57. The maximum Gasteiger partial charge on any atom is 0.321 e. The zero-order valence-electron chi connectivity index (χ0n) is 18.4. The lowest BCUT2D eigenvalue weighted by molar-refractivity contribution is 0.215. The molecule has 0 saturated carbocycles. The fourth-order valence-electron chi connectivity index (χ4n) is 3.67. The third kappa shape index (κ3) is 5.41. The van der Waals surface area contributed by atoms with Gasteiger partial charge in [-0.15, -0.1) is 0 Å². The van der Waals surface area contributed by atoms with Gasteiger partial charge in [0.05, 0.1) is 0 Å². The first-order valence-electron chi connectivity index (χ1n) is 10.7. The molecule has 0 unspecified atom stereocenters. The molecule has 0 spiro atoms. The van der Waals surface area contributed by atoms with Crippen molar-refractivity contribution in [3.63, 3.8) is 0 Å². The summed E-state index contributed by atoms with van der Waals surface area (Å²) >= 11 is 1.45. The van der Waals surface area contributed by atoms with Gasteiger partial charge in [0.15, 0.2) is 0 Å². The normalized spacial score (nSPS) is 14.4. The molecule has 1 aliphatic heterocycles. The van der Waals surface area contributed by atoms with Gasteiger partial charge in [0.25, 0.3) is 0 Å². The van der Waals surface area contributed by atoms with E-state index in [1.807, 2.05) is 23.1 Å². The van der Waals surface area contributed by atoms with Crippen molar-refractivity contribution < 1.29 is 4.79 Å². The fraction of sp³-hybridized carbons (Fsp3) is 0.375. The molecule has 2 amide bonds. The van der Waals surface area contributed by atoms with E-state index in [0.29, 0.717) is 6.54 Å². The molecule has 2 heterocycles. The van der Waals surface area contributed by atoms with E-state index < -0.39 is 0 Å². The van der Waals surface area contributed by atoms with Gasteiger partial charge < -0.3 is 15.1 Å². The lowest BCUT2D eigenvalue weighted by atomic mass is 10.1. The van der Waals surface area contributed by atoms with Gasteiger partial charge in [0, 0.05) is 49.8 Å². The molecule has 162 valence electrons. The number of carbonyl (C=O) groups is 1. The van der Waals surface area contributed by atoms with Crippen LogP contribution in [-0.2, 0) is 6.42 Å². The van der Waals surface area contributed by atoms with Gasteiger partial charge >= 0.3 is 6.03 Å². The Bertz CT molecular complexity index is 1050. The summed E-state index contributed by atoms with van der Waals surface area (Å²) in [6, 6.07) is 14.5. The summed E-state index contributed by atoms with van der Waals surface area (Å²) in [6.45, 7) is 9.28. The molecular weight excluding hydrogens is 406 g/mol.